The molecule has 5 heteroatoms. The molecule has 66 heavy (non-hydrogen) atoms. The lowest BCUT2D eigenvalue weighted by molar-refractivity contribution is 0.360. The van der Waals surface area contributed by atoms with Gasteiger partial charge < -0.3 is 24.2 Å². The Bertz CT molecular complexity index is 3160. The lowest BCUT2D eigenvalue weighted by Gasteiger charge is -2.31. The van der Waals surface area contributed by atoms with Crippen LogP contribution in [0.4, 0.5) is 45.5 Å². The number of allylic oxidation sites excluding steroid dienone is 4. The number of ether oxygens (including phenoxy) is 2. The van der Waals surface area contributed by atoms with Crippen LogP contribution in [0.25, 0.3) is 27.8 Å². The predicted octanol–water partition coefficient (Wildman–Crippen LogP) is 17.1. The van der Waals surface area contributed by atoms with Crippen molar-refractivity contribution in [2.45, 2.75) is 0 Å². The zero-order valence-electron chi connectivity index (χ0n) is 36.2. The van der Waals surface area contributed by atoms with E-state index in [0.29, 0.717) is 29.5 Å². The normalized spacial score (nSPS) is 13.6. The fraction of sp³-hybridized carbons (Fsp3) is 0.0164. The second-order valence-electron chi connectivity index (χ2n) is 16.2. The summed E-state index contributed by atoms with van der Waals surface area (Å²) in [5.41, 5.74) is 14.9. The van der Waals surface area contributed by atoms with Crippen molar-refractivity contribution >= 4 is 51.1 Å². The molecule has 0 aliphatic carbocycles. The molecule has 0 saturated heterocycles. The van der Waals surface area contributed by atoms with Crippen LogP contribution in [0.5, 0.6) is 23.0 Å². The van der Waals surface area contributed by atoms with E-state index in [1.54, 1.807) is 0 Å². The Kier molecular flexibility index (Phi) is 10.8. The Labute approximate surface area is 386 Å². The Hall–Kier alpha value is -8.80. The molecule has 2 aliphatic heterocycles. The molecular formula is C61H45N3O2. The molecule has 0 bridgehead atoms. The van der Waals surface area contributed by atoms with Gasteiger partial charge >= 0.3 is 0 Å². The minimum absolute atomic E-state index is 0.625. The zero-order chi connectivity index (χ0) is 44.2. The first-order valence-electron chi connectivity index (χ1n) is 22.2. The highest BCUT2D eigenvalue weighted by atomic mass is 16.6. The standard InChI is InChI=1S/C61H45N3O2/c1-44-16-6-5-15-43-62(60-56(44)41-42-59-61(60)66-58-24-14-13-23-57(58)65-59)49-31-25-47(26-32-49)48-29-35-53(36-30-48)64(52-33-27-46(28-34-52)45-17-7-2-8-18-45)55-39-37-54(38-40-55)63(50-19-9-3-10-20-50)51-21-11-4-12-22-51/h2-42H,1,43H2/b15-5-,16-6-. The molecule has 9 aromatic carbocycles. The molecule has 0 atom stereocenters. The molecule has 0 aromatic heterocycles. The number of hydrogen-bond acceptors (Lipinski definition) is 5. The maximum Gasteiger partial charge on any atom is 0.194 e. The van der Waals surface area contributed by atoms with Gasteiger partial charge in [0.15, 0.2) is 23.0 Å². The van der Waals surface area contributed by atoms with Crippen LogP contribution >= 0.6 is 0 Å². The Morgan fingerprint density at radius 1 is 0.379 bits per heavy atom. The molecule has 2 aliphatic rings. The molecule has 2 heterocycles. The SMILES string of the molecule is C=C1/C=C\C=C/CN(c2ccc(-c3ccc(N(c4ccc(-c5ccccc5)cc4)c4ccc(N(c5ccccc5)c5ccccc5)cc4)cc3)cc2)c2c1ccc1c2Oc2ccccc2O1. The third kappa shape index (κ3) is 7.91. The Morgan fingerprint density at radius 3 is 1.33 bits per heavy atom. The van der Waals surface area contributed by atoms with Crippen molar-refractivity contribution in [3.63, 3.8) is 0 Å². The molecule has 0 radical (unpaired) electrons. The first-order chi connectivity index (χ1) is 32.6. The van der Waals surface area contributed by atoms with Gasteiger partial charge in [0.05, 0.1) is 5.69 Å². The second kappa shape index (κ2) is 17.8. The van der Waals surface area contributed by atoms with E-state index in [-0.39, 0.29) is 0 Å². The molecule has 0 amide bonds. The quantitative estimate of drug-likeness (QED) is 0.144. The highest BCUT2D eigenvalue weighted by Crippen LogP contribution is 2.53. The van der Waals surface area contributed by atoms with Gasteiger partial charge in [-0.1, -0.05) is 146 Å². The Morgan fingerprint density at radius 2 is 0.803 bits per heavy atom. The highest BCUT2D eigenvalue weighted by molar-refractivity contribution is 5.91. The summed E-state index contributed by atoms with van der Waals surface area (Å²) in [7, 11) is 0. The smallest absolute Gasteiger partial charge is 0.194 e. The molecule has 0 fully saturated rings. The van der Waals surface area contributed by atoms with E-state index in [9.17, 15) is 0 Å². The van der Waals surface area contributed by atoms with Crippen LogP contribution in [0, 0.1) is 0 Å². The van der Waals surface area contributed by atoms with E-state index in [0.717, 1.165) is 67.8 Å². The minimum Gasteiger partial charge on any atom is -0.449 e. The van der Waals surface area contributed by atoms with Crippen LogP contribution in [0.1, 0.15) is 5.56 Å². The fourth-order valence-corrected chi connectivity index (χ4v) is 8.81. The van der Waals surface area contributed by atoms with Crippen LogP contribution in [0.3, 0.4) is 0 Å². The number of rotatable bonds is 9. The predicted molar refractivity (Wildman–Crippen MR) is 274 cm³/mol. The molecule has 316 valence electrons. The number of hydrogen-bond donors (Lipinski definition) is 0. The van der Waals surface area contributed by atoms with Crippen LogP contribution in [0.15, 0.2) is 255 Å². The second-order valence-corrected chi connectivity index (χ2v) is 16.2. The van der Waals surface area contributed by atoms with Gasteiger partial charge in [0.1, 0.15) is 0 Å². The first kappa shape index (κ1) is 40.0. The highest BCUT2D eigenvalue weighted by Gasteiger charge is 2.28. The summed E-state index contributed by atoms with van der Waals surface area (Å²) < 4.78 is 13.0. The third-order valence-corrected chi connectivity index (χ3v) is 12.1. The molecule has 0 N–H and O–H groups in total. The molecule has 0 saturated carbocycles. The van der Waals surface area contributed by atoms with Gasteiger partial charge in [0.25, 0.3) is 0 Å². The molecule has 0 spiro atoms. The lowest BCUT2D eigenvalue weighted by atomic mass is 10.0. The van der Waals surface area contributed by atoms with Gasteiger partial charge in [0, 0.05) is 51.9 Å². The topological polar surface area (TPSA) is 28.2 Å². The summed E-state index contributed by atoms with van der Waals surface area (Å²) in [5.74, 6) is 2.73. The number of anilines is 8. The van der Waals surface area contributed by atoms with E-state index < -0.39 is 0 Å². The minimum atomic E-state index is 0.625. The third-order valence-electron chi connectivity index (χ3n) is 12.1. The van der Waals surface area contributed by atoms with E-state index >= 15 is 0 Å². The van der Waals surface area contributed by atoms with Crippen LogP contribution in [-0.4, -0.2) is 6.54 Å². The van der Waals surface area contributed by atoms with Gasteiger partial charge in [-0.2, -0.15) is 0 Å². The summed E-state index contributed by atoms with van der Waals surface area (Å²) in [6.45, 7) is 5.06. The summed E-state index contributed by atoms with van der Waals surface area (Å²) in [6.07, 6.45) is 8.30. The maximum atomic E-state index is 6.62. The lowest BCUT2D eigenvalue weighted by Crippen LogP contribution is -2.20. The molecule has 0 unspecified atom stereocenters. The first-order valence-corrected chi connectivity index (χ1v) is 22.2. The van der Waals surface area contributed by atoms with Crippen molar-refractivity contribution in [3.8, 4) is 45.3 Å². The molecular weight excluding hydrogens is 807 g/mol. The molecule has 9 aromatic rings. The summed E-state index contributed by atoms with van der Waals surface area (Å²) >= 11 is 0. The summed E-state index contributed by atoms with van der Waals surface area (Å²) in [4.78, 5) is 6.89. The van der Waals surface area contributed by atoms with Gasteiger partial charge in [-0.25, -0.2) is 0 Å². The fourth-order valence-electron chi connectivity index (χ4n) is 8.81. The van der Waals surface area contributed by atoms with Crippen molar-refractivity contribution in [1.82, 2.24) is 0 Å². The number of benzene rings is 9. The number of fused-ring (bicyclic) bond motifs is 4. The van der Waals surface area contributed by atoms with Crippen molar-refractivity contribution in [3.05, 3.63) is 261 Å². The number of para-hydroxylation sites is 4. The monoisotopic (exact) mass is 851 g/mol. The van der Waals surface area contributed by atoms with Gasteiger partial charge in [-0.15, -0.1) is 0 Å². The van der Waals surface area contributed by atoms with Crippen molar-refractivity contribution < 1.29 is 9.47 Å². The summed E-state index contributed by atoms with van der Waals surface area (Å²) in [5, 5.41) is 0. The largest absolute Gasteiger partial charge is 0.449 e. The van der Waals surface area contributed by atoms with Crippen molar-refractivity contribution in [2.24, 2.45) is 0 Å². The van der Waals surface area contributed by atoms with Crippen LogP contribution in [0.2, 0.25) is 0 Å². The molecule has 11 rings (SSSR count). The average molecular weight is 852 g/mol. The van der Waals surface area contributed by atoms with E-state index in [1.165, 1.54) is 11.1 Å². The molecule has 5 nitrogen and oxygen atoms in total. The van der Waals surface area contributed by atoms with E-state index in [2.05, 4.69) is 228 Å². The van der Waals surface area contributed by atoms with Crippen LogP contribution < -0.4 is 24.2 Å². The number of nitrogens with zero attached hydrogens (tertiary/aromatic N) is 3. The van der Waals surface area contributed by atoms with Crippen molar-refractivity contribution in [2.75, 3.05) is 21.2 Å². The maximum absolute atomic E-state index is 6.62. The Balaban J connectivity index is 0.924. The van der Waals surface area contributed by atoms with Gasteiger partial charge in [0.2, 0.25) is 0 Å². The zero-order valence-corrected chi connectivity index (χ0v) is 36.2. The van der Waals surface area contributed by atoms with Crippen LogP contribution in [-0.2, 0) is 0 Å². The van der Waals surface area contributed by atoms with E-state index in [4.69, 9.17) is 9.47 Å². The van der Waals surface area contributed by atoms with Gasteiger partial charge in [-0.05, 0) is 137 Å². The van der Waals surface area contributed by atoms with Crippen molar-refractivity contribution in [1.29, 1.82) is 0 Å². The summed E-state index contributed by atoms with van der Waals surface area (Å²) in [6, 6.07) is 78.7. The average Bonchev–Trinajstić information content (AvgIpc) is 3.46. The van der Waals surface area contributed by atoms with Gasteiger partial charge in [-0.3, -0.25) is 0 Å². The van der Waals surface area contributed by atoms with E-state index in [1.807, 2.05) is 42.5 Å².